The van der Waals surface area contributed by atoms with Gasteiger partial charge in [0.1, 0.15) is 17.4 Å². The number of rotatable bonds is 1. The highest BCUT2D eigenvalue weighted by Gasteiger charge is 2.37. The van der Waals surface area contributed by atoms with Crippen LogP contribution in [0.2, 0.25) is 0 Å². The van der Waals surface area contributed by atoms with Crippen LogP contribution < -0.4 is 0 Å². The minimum atomic E-state index is -0.501. The van der Waals surface area contributed by atoms with Gasteiger partial charge >= 0.3 is 6.09 Å². The van der Waals surface area contributed by atoms with Crippen LogP contribution in [0.5, 0.6) is 0 Å². The third-order valence-corrected chi connectivity index (χ3v) is 3.00. The van der Waals surface area contributed by atoms with Crippen molar-refractivity contribution in [3.8, 4) is 6.07 Å². The zero-order chi connectivity index (χ0) is 14.2. The number of amides is 1. The van der Waals surface area contributed by atoms with E-state index in [1.54, 1.807) is 18.0 Å². The Morgan fingerprint density at radius 2 is 2.26 bits per heavy atom. The predicted molar refractivity (Wildman–Crippen MR) is 68.2 cm³/mol. The van der Waals surface area contributed by atoms with Crippen LogP contribution in [-0.2, 0) is 11.8 Å². The highest BCUT2D eigenvalue weighted by Crippen LogP contribution is 2.33. The summed E-state index contributed by atoms with van der Waals surface area (Å²) >= 11 is 0. The normalized spacial score (nSPS) is 18.7. The number of likely N-dealkylation sites (tertiary alicyclic amines) is 1. The summed E-state index contributed by atoms with van der Waals surface area (Å²) in [5, 5.41) is 13.2. The van der Waals surface area contributed by atoms with Gasteiger partial charge in [-0.15, -0.1) is 0 Å². The second-order valence-corrected chi connectivity index (χ2v) is 5.67. The van der Waals surface area contributed by atoms with E-state index in [1.165, 1.54) is 4.68 Å². The molecule has 0 radical (unpaired) electrons. The van der Waals surface area contributed by atoms with Crippen LogP contribution in [0.25, 0.3) is 0 Å². The SMILES string of the molecule is Cn1nc(C2CCN2C(=O)OC(C)(C)C)cc1C#N. The zero-order valence-corrected chi connectivity index (χ0v) is 11.7. The lowest BCUT2D eigenvalue weighted by Gasteiger charge is -2.40. The first-order valence-corrected chi connectivity index (χ1v) is 6.25. The molecule has 1 aromatic rings. The van der Waals surface area contributed by atoms with E-state index >= 15 is 0 Å². The summed E-state index contributed by atoms with van der Waals surface area (Å²) in [6, 6.07) is 3.71. The third-order valence-electron chi connectivity index (χ3n) is 3.00. The van der Waals surface area contributed by atoms with Crippen LogP contribution in [0.15, 0.2) is 6.07 Å². The summed E-state index contributed by atoms with van der Waals surface area (Å²) in [4.78, 5) is 13.6. The smallest absolute Gasteiger partial charge is 0.410 e. The van der Waals surface area contributed by atoms with E-state index < -0.39 is 5.60 Å². The van der Waals surface area contributed by atoms with Crippen molar-refractivity contribution in [3.63, 3.8) is 0 Å². The van der Waals surface area contributed by atoms with Crippen LogP contribution in [-0.4, -0.2) is 32.9 Å². The van der Waals surface area contributed by atoms with Gasteiger partial charge in [0.15, 0.2) is 0 Å². The third kappa shape index (κ3) is 2.70. The van der Waals surface area contributed by atoms with E-state index in [0.29, 0.717) is 12.2 Å². The van der Waals surface area contributed by atoms with Crippen LogP contribution in [0.3, 0.4) is 0 Å². The summed E-state index contributed by atoms with van der Waals surface area (Å²) in [7, 11) is 1.72. The van der Waals surface area contributed by atoms with E-state index in [9.17, 15) is 4.79 Å². The molecule has 2 heterocycles. The average Bonchev–Trinajstić information content (AvgIpc) is 2.54. The highest BCUT2D eigenvalue weighted by molar-refractivity contribution is 5.69. The molecule has 0 aliphatic carbocycles. The van der Waals surface area contributed by atoms with Gasteiger partial charge in [-0.1, -0.05) is 0 Å². The van der Waals surface area contributed by atoms with Crippen molar-refractivity contribution in [3.05, 3.63) is 17.5 Å². The number of aromatic nitrogens is 2. The molecule has 102 valence electrons. The Bertz CT molecular complexity index is 536. The van der Waals surface area contributed by atoms with Gasteiger partial charge in [-0.3, -0.25) is 9.58 Å². The first-order chi connectivity index (χ1) is 8.81. The number of carbonyl (C=O) groups is 1. The second-order valence-electron chi connectivity index (χ2n) is 5.67. The van der Waals surface area contributed by atoms with Crippen LogP contribution >= 0.6 is 0 Å². The molecule has 0 bridgehead atoms. The standard InChI is InChI=1S/C13H18N4O2/c1-13(2,3)19-12(18)17-6-5-11(17)10-7-9(8-14)16(4)15-10/h7,11H,5-6H2,1-4H3. The van der Waals surface area contributed by atoms with Gasteiger partial charge in [0.2, 0.25) is 0 Å². The molecule has 1 atom stereocenters. The van der Waals surface area contributed by atoms with Crippen molar-refractivity contribution in [2.45, 2.75) is 38.8 Å². The lowest BCUT2D eigenvalue weighted by atomic mass is 10.0. The van der Waals surface area contributed by atoms with Gasteiger partial charge in [-0.25, -0.2) is 4.79 Å². The zero-order valence-electron chi connectivity index (χ0n) is 11.7. The van der Waals surface area contributed by atoms with E-state index in [2.05, 4.69) is 11.2 Å². The van der Waals surface area contributed by atoms with Gasteiger partial charge in [-0.05, 0) is 33.3 Å². The first kappa shape index (κ1) is 13.4. The molecule has 0 spiro atoms. The lowest BCUT2D eigenvalue weighted by Crippen LogP contribution is -2.47. The average molecular weight is 262 g/mol. The number of carbonyl (C=O) groups excluding carboxylic acids is 1. The van der Waals surface area contributed by atoms with Crippen molar-refractivity contribution in [1.82, 2.24) is 14.7 Å². The van der Waals surface area contributed by atoms with Crippen molar-refractivity contribution < 1.29 is 9.53 Å². The maximum absolute atomic E-state index is 12.0. The molecule has 2 rings (SSSR count). The Kier molecular flexibility index (Phi) is 3.23. The molecule has 1 fully saturated rings. The number of nitrogens with zero attached hydrogens (tertiary/aromatic N) is 4. The lowest BCUT2D eigenvalue weighted by molar-refractivity contribution is -0.00661. The Hall–Kier alpha value is -2.03. The number of hydrogen-bond acceptors (Lipinski definition) is 4. The number of hydrogen-bond donors (Lipinski definition) is 0. The van der Waals surface area contributed by atoms with E-state index in [-0.39, 0.29) is 12.1 Å². The Balaban J connectivity index is 2.10. The minimum absolute atomic E-state index is 0.0804. The molecule has 0 aromatic carbocycles. The molecule has 0 N–H and O–H groups in total. The van der Waals surface area contributed by atoms with Crippen LogP contribution in [0.4, 0.5) is 4.79 Å². The van der Waals surface area contributed by atoms with Crippen molar-refractivity contribution in [2.24, 2.45) is 7.05 Å². The van der Waals surface area contributed by atoms with Gasteiger partial charge in [0.25, 0.3) is 0 Å². The quantitative estimate of drug-likeness (QED) is 0.775. The molecule has 6 heteroatoms. The topological polar surface area (TPSA) is 71.2 Å². The van der Waals surface area contributed by atoms with Crippen LogP contribution in [0, 0.1) is 11.3 Å². The first-order valence-electron chi connectivity index (χ1n) is 6.25. The molecular formula is C13H18N4O2. The highest BCUT2D eigenvalue weighted by atomic mass is 16.6. The maximum Gasteiger partial charge on any atom is 0.410 e. The molecular weight excluding hydrogens is 244 g/mol. The van der Waals surface area contributed by atoms with Crippen molar-refractivity contribution >= 4 is 6.09 Å². The molecule has 1 aliphatic rings. The largest absolute Gasteiger partial charge is 0.444 e. The Morgan fingerprint density at radius 3 is 2.68 bits per heavy atom. The molecule has 1 unspecified atom stereocenters. The van der Waals surface area contributed by atoms with Gasteiger partial charge in [0, 0.05) is 13.6 Å². The van der Waals surface area contributed by atoms with Gasteiger partial charge in [-0.2, -0.15) is 10.4 Å². The molecule has 1 amide bonds. The van der Waals surface area contributed by atoms with E-state index in [0.717, 1.165) is 12.1 Å². The monoisotopic (exact) mass is 262 g/mol. The molecule has 1 aliphatic heterocycles. The molecule has 1 aromatic heterocycles. The number of ether oxygens (including phenoxy) is 1. The van der Waals surface area contributed by atoms with Crippen molar-refractivity contribution in [1.29, 1.82) is 5.26 Å². The fourth-order valence-electron chi connectivity index (χ4n) is 1.99. The summed E-state index contributed by atoms with van der Waals surface area (Å²) in [6.45, 7) is 6.19. The van der Waals surface area contributed by atoms with Gasteiger partial charge < -0.3 is 4.74 Å². The number of aryl methyl sites for hydroxylation is 1. The van der Waals surface area contributed by atoms with Crippen LogP contribution in [0.1, 0.15) is 44.6 Å². The maximum atomic E-state index is 12.0. The molecule has 0 saturated carbocycles. The molecule has 1 saturated heterocycles. The summed E-state index contributed by atoms with van der Waals surface area (Å²) < 4.78 is 6.87. The summed E-state index contributed by atoms with van der Waals surface area (Å²) in [5.41, 5.74) is 0.737. The molecule has 19 heavy (non-hydrogen) atoms. The van der Waals surface area contributed by atoms with Gasteiger partial charge in [0.05, 0.1) is 11.7 Å². The fourth-order valence-corrected chi connectivity index (χ4v) is 1.99. The summed E-state index contributed by atoms with van der Waals surface area (Å²) in [5.74, 6) is 0. The Labute approximate surface area is 112 Å². The fraction of sp³-hybridized carbons (Fsp3) is 0.615. The number of nitriles is 1. The minimum Gasteiger partial charge on any atom is -0.444 e. The predicted octanol–water partition coefficient (Wildman–Crippen LogP) is 1.97. The Morgan fingerprint density at radius 1 is 1.58 bits per heavy atom. The summed E-state index contributed by atoms with van der Waals surface area (Å²) in [6.07, 6.45) is 0.522. The van der Waals surface area contributed by atoms with E-state index in [4.69, 9.17) is 10.00 Å². The second kappa shape index (κ2) is 4.57. The molecule has 6 nitrogen and oxygen atoms in total. The van der Waals surface area contributed by atoms with Crippen molar-refractivity contribution in [2.75, 3.05) is 6.54 Å². The van der Waals surface area contributed by atoms with E-state index in [1.807, 2.05) is 20.8 Å².